The van der Waals surface area contributed by atoms with Gasteiger partial charge in [0.15, 0.2) is 0 Å². The molecule has 43 heavy (non-hydrogen) atoms. The fourth-order valence-electron chi connectivity index (χ4n) is 4.95. The molecule has 0 spiro atoms. The van der Waals surface area contributed by atoms with Crippen molar-refractivity contribution in [3.05, 3.63) is 65.7 Å². The van der Waals surface area contributed by atoms with Crippen molar-refractivity contribution in [2.75, 3.05) is 6.54 Å². The van der Waals surface area contributed by atoms with E-state index in [-0.39, 0.29) is 24.5 Å². The van der Waals surface area contributed by atoms with Gasteiger partial charge in [0.25, 0.3) is 0 Å². The number of likely N-dealkylation sites (tertiary alicyclic amines) is 1. The fraction of sp³-hybridized carbons (Fsp3) is 0.452. The number of carboxylic acid groups (broad SMARTS) is 1. The van der Waals surface area contributed by atoms with Gasteiger partial charge in [0.1, 0.15) is 29.9 Å². The van der Waals surface area contributed by atoms with E-state index in [9.17, 15) is 34.2 Å². The molecule has 1 aliphatic heterocycles. The summed E-state index contributed by atoms with van der Waals surface area (Å²) in [6, 6.07) is 9.95. The highest BCUT2D eigenvalue weighted by Crippen LogP contribution is 2.21. The molecule has 0 radical (unpaired) electrons. The second kappa shape index (κ2) is 15.1. The number of rotatable bonds is 13. The molecule has 1 fully saturated rings. The number of aromatic hydroxyl groups is 1. The van der Waals surface area contributed by atoms with Gasteiger partial charge in [0.2, 0.25) is 23.6 Å². The first-order valence-corrected chi connectivity index (χ1v) is 14.4. The molecule has 0 saturated carbocycles. The van der Waals surface area contributed by atoms with Crippen LogP contribution < -0.4 is 21.7 Å². The minimum atomic E-state index is -1.29. The molecular formula is C31H41N5O7. The Kier molecular flexibility index (Phi) is 11.6. The zero-order chi connectivity index (χ0) is 31.7. The molecule has 12 nitrogen and oxygen atoms in total. The molecule has 3 rings (SSSR count). The Morgan fingerprint density at radius 1 is 0.860 bits per heavy atom. The lowest BCUT2D eigenvalue weighted by molar-refractivity contribution is -0.144. The molecule has 232 valence electrons. The number of nitrogens with two attached hydrogens (primary N) is 1. The molecule has 0 aromatic heterocycles. The Bertz CT molecular complexity index is 1280. The molecule has 4 amide bonds. The highest BCUT2D eigenvalue weighted by atomic mass is 16.4. The first-order valence-electron chi connectivity index (χ1n) is 14.4. The Balaban J connectivity index is 1.79. The highest BCUT2D eigenvalue weighted by molar-refractivity contribution is 5.96. The van der Waals surface area contributed by atoms with Crippen LogP contribution in [0.4, 0.5) is 0 Å². The zero-order valence-electron chi connectivity index (χ0n) is 24.7. The first kappa shape index (κ1) is 33.1. The van der Waals surface area contributed by atoms with Gasteiger partial charge in [-0.25, -0.2) is 4.79 Å². The summed E-state index contributed by atoms with van der Waals surface area (Å²) in [5.74, 6) is -3.62. The van der Waals surface area contributed by atoms with Crippen LogP contribution in [0.2, 0.25) is 0 Å². The summed E-state index contributed by atoms with van der Waals surface area (Å²) in [6.45, 7) is 5.39. The van der Waals surface area contributed by atoms with Gasteiger partial charge in [-0.1, -0.05) is 56.3 Å². The molecule has 0 bridgehead atoms. The summed E-state index contributed by atoms with van der Waals surface area (Å²) in [6.07, 6.45) is 0.965. The number of carbonyl (C=O) groups excluding carboxylic acids is 4. The minimum Gasteiger partial charge on any atom is -0.508 e. The largest absolute Gasteiger partial charge is 0.508 e. The molecule has 1 aliphatic rings. The van der Waals surface area contributed by atoms with Gasteiger partial charge in [-0.05, 0) is 48.9 Å². The van der Waals surface area contributed by atoms with E-state index in [0.717, 1.165) is 5.56 Å². The summed E-state index contributed by atoms with van der Waals surface area (Å²) < 4.78 is 0. The molecule has 1 saturated heterocycles. The minimum absolute atomic E-state index is 0.0285. The smallest absolute Gasteiger partial charge is 0.326 e. The van der Waals surface area contributed by atoms with E-state index in [4.69, 9.17) is 5.73 Å². The quantitative estimate of drug-likeness (QED) is 0.195. The summed E-state index contributed by atoms with van der Waals surface area (Å²) in [5.41, 5.74) is 7.01. The monoisotopic (exact) mass is 595 g/mol. The molecule has 2 aromatic rings. The van der Waals surface area contributed by atoms with Crippen LogP contribution in [0.15, 0.2) is 54.6 Å². The predicted octanol–water partition coefficient (Wildman–Crippen LogP) is 0.711. The summed E-state index contributed by atoms with van der Waals surface area (Å²) in [5, 5.41) is 27.3. The Hall–Kier alpha value is -4.45. The normalized spacial score (nSPS) is 17.4. The number of phenolic OH excluding ortho intramolecular Hbond substituents is 1. The van der Waals surface area contributed by atoms with Crippen LogP contribution in [0.1, 0.15) is 44.7 Å². The van der Waals surface area contributed by atoms with Crippen LogP contribution in [0.3, 0.4) is 0 Å². The van der Waals surface area contributed by atoms with Crippen LogP contribution in [0, 0.1) is 5.92 Å². The van der Waals surface area contributed by atoms with E-state index in [1.54, 1.807) is 50.2 Å². The third kappa shape index (κ3) is 9.27. The lowest BCUT2D eigenvalue weighted by Crippen LogP contribution is -2.59. The number of benzene rings is 2. The fourth-order valence-corrected chi connectivity index (χ4v) is 4.95. The number of nitrogens with zero attached hydrogens (tertiary/aromatic N) is 1. The van der Waals surface area contributed by atoms with Crippen LogP contribution >= 0.6 is 0 Å². The second-order valence-corrected chi connectivity index (χ2v) is 11.2. The summed E-state index contributed by atoms with van der Waals surface area (Å²) in [7, 11) is 0. The third-order valence-electron chi connectivity index (χ3n) is 7.39. The van der Waals surface area contributed by atoms with E-state index in [2.05, 4.69) is 16.0 Å². The van der Waals surface area contributed by atoms with Crippen molar-refractivity contribution < 1.29 is 34.2 Å². The van der Waals surface area contributed by atoms with Crippen LogP contribution in [-0.2, 0) is 36.8 Å². The van der Waals surface area contributed by atoms with Crippen molar-refractivity contribution >= 4 is 29.6 Å². The summed E-state index contributed by atoms with van der Waals surface area (Å²) >= 11 is 0. The van der Waals surface area contributed by atoms with Gasteiger partial charge < -0.3 is 36.8 Å². The van der Waals surface area contributed by atoms with Gasteiger partial charge in [-0.15, -0.1) is 0 Å². The van der Waals surface area contributed by atoms with Crippen LogP contribution in [0.5, 0.6) is 5.75 Å². The lowest BCUT2D eigenvalue weighted by atomic mass is 10.0. The van der Waals surface area contributed by atoms with Crippen molar-refractivity contribution in [1.82, 2.24) is 20.9 Å². The van der Waals surface area contributed by atoms with Crippen LogP contribution in [-0.4, -0.2) is 81.5 Å². The highest BCUT2D eigenvalue weighted by Gasteiger charge is 2.40. The van der Waals surface area contributed by atoms with E-state index in [0.29, 0.717) is 24.9 Å². The van der Waals surface area contributed by atoms with E-state index in [1.807, 2.05) is 6.07 Å². The number of aliphatic carboxylic acids is 1. The number of carboxylic acids is 1. The van der Waals surface area contributed by atoms with Crippen molar-refractivity contribution in [2.24, 2.45) is 11.7 Å². The molecule has 0 aliphatic carbocycles. The van der Waals surface area contributed by atoms with Gasteiger partial charge >= 0.3 is 5.97 Å². The first-order chi connectivity index (χ1) is 20.4. The maximum Gasteiger partial charge on any atom is 0.326 e. The zero-order valence-corrected chi connectivity index (χ0v) is 24.7. The number of phenols is 1. The van der Waals surface area contributed by atoms with Crippen molar-refractivity contribution in [3.63, 3.8) is 0 Å². The van der Waals surface area contributed by atoms with Crippen LogP contribution in [0.25, 0.3) is 0 Å². The standard InChI is InChI=1S/C31H41N5O7/c1-18(2)26(35-27(38)19(3)32)30(41)36-15-7-10-25(36)29(40)33-23(16-20-8-5-4-6-9-20)28(39)34-24(31(42)43)17-21-11-13-22(37)14-12-21/h4-6,8-9,11-14,18-19,23-26,37H,7,10,15-17,32H2,1-3H3,(H,33,40)(H,34,39)(H,35,38)(H,42,43)/t19-,23-,24-,25-,26-/m0/s1. The third-order valence-corrected chi connectivity index (χ3v) is 7.39. The average molecular weight is 596 g/mol. The number of hydrogen-bond donors (Lipinski definition) is 6. The SMILES string of the molecule is CC(C)[C@H](NC(=O)[C@H](C)N)C(=O)N1CCC[C@H]1C(=O)N[C@@H](Cc1ccccc1)C(=O)N[C@@H](Cc1ccc(O)cc1)C(=O)O. The molecule has 5 atom stereocenters. The van der Waals surface area contributed by atoms with E-state index < -0.39 is 59.8 Å². The molecule has 7 N–H and O–H groups in total. The number of hydrogen-bond acceptors (Lipinski definition) is 7. The number of nitrogens with one attached hydrogen (secondary N) is 3. The van der Waals surface area contributed by atoms with Gasteiger partial charge in [-0.2, -0.15) is 0 Å². The van der Waals surface area contributed by atoms with Gasteiger partial charge in [0, 0.05) is 19.4 Å². The number of amides is 4. The van der Waals surface area contributed by atoms with Gasteiger partial charge in [-0.3, -0.25) is 19.2 Å². The topological polar surface area (TPSA) is 191 Å². The lowest BCUT2D eigenvalue weighted by Gasteiger charge is -2.31. The Morgan fingerprint density at radius 3 is 2.05 bits per heavy atom. The van der Waals surface area contributed by atoms with E-state index in [1.165, 1.54) is 24.0 Å². The maximum atomic E-state index is 13.6. The van der Waals surface area contributed by atoms with Crippen molar-refractivity contribution in [2.45, 2.75) is 76.7 Å². The number of carbonyl (C=O) groups is 5. The van der Waals surface area contributed by atoms with E-state index >= 15 is 0 Å². The predicted molar refractivity (Wildman–Crippen MR) is 159 cm³/mol. The Labute approximate surface area is 251 Å². The molecule has 1 heterocycles. The molecule has 2 aromatic carbocycles. The average Bonchev–Trinajstić information content (AvgIpc) is 3.46. The second-order valence-electron chi connectivity index (χ2n) is 11.2. The maximum absolute atomic E-state index is 13.6. The summed E-state index contributed by atoms with van der Waals surface area (Å²) in [4.78, 5) is 66.3. The van der Waals surface area contributed by atoms with Crippen molar-refractivity contribution in [1.29, 1.82) is 0 Å². The molecule has 12 heteroatoms. The molecule has 0 unspecified atom stereocenters. The molecular weight excluding hydrogens is 554 g/mol. The Morgan fingerprint density at radius 2 is 1.47 bits per heavy atom. The van der Waals surface area contributed by atoms with Crippen molar-refractivity contribution in [3.8, 4) is 5.75 Å². The van der Waals surface area contributed by atoms with Gasteiger partial charge in [0.05, 0.1) is 6.04 Å².